The van der Waals surface area contributed by atoms with Crippen molar-refractivity contribution in [1.29, 1.82) is 0 Å². The van der Waals surface area contributed by atoms with Crippen LogP contribution in [0.2, 0.25) is 0 Å². The topological polar surface area (TPSA) is 21.3 Å². The molecule has 0 bridgehead atoms. The van der Waals surface area contributed by atoms with Crippen LogP contribution in [0.25, 0.3) is 0 Å². The SMILES string of the molecule is COCCNCC(Cc1ccccc1F)C(C)C. The smallest absolute Gasteiger partial charge is 0.126 e. The third kappa shape index (κ3) is 5.15. The Morgan fingerprint density at radius 2 is 2.00 bits per heavy atom. The van der Waals surface area contributed by atoms with Gasteiger partial charge in [-0.3, -0.25) is 0 Å². The average molecular weight is 253 g/mol. The van der Waals surface area contributed by atoms with Crippen LogP contribution in [-0.2, 0) is 11.2 Å². The number of benzene rings is 1. The maximum Gasteiger partial charge on any atom is 0.126 e. The van der Waals surface area contributed by atoms with Gasteiger partial charge in [0.15, 0.2) is 0 Å². The summed E-state index contributed by atoms with van der Waals surface area (Å²) in [5.74, 6) is 0.874. The minimum atomic E-state index is -0.0972. The van der Waals surface area contributed by atoms with E-state index in [0.717, 1.165) is 25.1 Å². The van der Waals surface area contributed by atoms with Crippen LogP contribution in [0, 0.1) is 17.7 Å². The number of hydrogen-bond donors (Lipinski definition) is 1. The number of nitrogens with one attached hydrogen (secondary N) is 1. The van der Waals surface area contributed by atoms with E-state index in [1.807, 2.05) is 12.1 Å². The predicted octanol–water partition coefficient (Wildman–Crippen LogP) is 2.88. The largest absolute Gasteiger partial charge is 0.383 e. The molecule has 0 fully saturated rings. The lowest BCUT2D eigenvalue weighted by atomic mass is 9.89. The minimum Gasteiger partial charge on any atom is -0.383 e. The molecule has 0 radical (unpaired) electrons. The fourth-order valence-electron chi connectivity index (χ4n) is 1.95. The molecule has 0 saturated carbocycles. The highest BCUT2D eigenvalue weighted by Crippen LogP contribution is 2.18. The van der Waals surface area contributed by atoms with Gasteiger partial charge in [0, 0.05) is 13.7 Å². The molecule has 1 aromatic rings. The maximum absolute atomic E-state index is 13.6. The molecule has 3 heteroatoms. The summed E-state index contributed by atoms with van der Waals surface area (Å²) < 4.78 is 18.6. The van der Waals surface area contributed by atoms with Gasteiger partial charge in [-0.25, -0.2) is 4.39 Å². The first-order chi connectivity index (χ1) is 8.65. The Hall–Kier alpha value is -0.930. The molecule has 0 heterocycles. The Balaban J connectivity index is 2.50. The fourth-order valence-corrected chi connectivity index (χ4v) is 1.95. The molecule has 0 spiro atoms. The summed E-state index contributed by atoms with van der Waals surface area (Å²) in [5.41, 5.74) is 0.810. The van der Waals surface area contributed by atoms with Crippen LogP contribution in [-0.4, -0.2) is 26.8 Å². The summed E-state index contributed by atoms with van der Waals surface area (Å²) in [4.78, 5) is 0. The zero-order valence-electron chi connectivity index (χ0n) is 11.6. The van der Waals surface area contributed by atoms with E-state index in [4.69, 9.17) is 4.74 Å². The quantitative estimate of drug-likeness (QED) is 0.719. The molecular formula is C15H24FNO. The van der Waals surface area contributed by atoms with Gasteiger partial charge in [0.25, 0.3) is 0 Å². The fraction of sp³-hybridized carbons (Fsp3) is 0.600. The van der Waals surface area contributed by atoms with E-state index in [0.29, 0.717) is 18.4 Å². The molecule has 2 nitrogen and oxygen atoms in total. The second kappa shape index (κ2) is 8.22. The molecule has 1 N–H and O–H groups in total. The minimum absolute atomic E-state index is 0.0972. The number of hydrogen-bond acceptors (Lipinski definition) is 2. The molecular weight excluding hydrogens is 229 g/mol. The van der Waals surface area contributed by atoms with E-state index in [1.54, 1.807) is 13.2 Å². The van der Waals surface area contributed by atoms with Gasteiger partial charge in [-0.15, -0.1) is 0 Å². The molecule has 0 saturated heterocycles. The Morgan fingerprint density at radius 3 is 2.61 bits per heavy atom. The summed E-state index contributed by atoms with van der Waals surface area (Å²) >= 11 is 0. The second-order valence-corrected chi connectivity index (χ2v) is 5.00. The van der Waals surface area contributed by atoms with Crippen LogP contribution in [0.15, 0.2) is 24.3 Å². The normalized spacial score (nSPS) is 12.9. The van der Waals surface area contributed by atoms with Gasteiger partial charge >= 0.3 is 0 Å². The van der Waals surface area contributed by atoms with Crippen LogP contribution in [0.3, 0.4) is 0 Å². The highest BCUT2D eigenvalue weighted by Gasteiger charge is 2.15. The molecule has 102 valence electrons. The van der Waals surface area contributed by atoms with Crippen molar-refractivity contribution in [2.75, 3.05) is 26.8 Å². The zero-order chi connectivity index (χ0) is 13.4. The summed E-state index contributed by atoms with van der Waals surface area (Å²) in [6, 6.07) is 7.04. The van der Waals surface area contributed by atoms with Gasteiger partial charge in [-0.05, 0) is 36.4 Å². The second-order valence-electron chi connectivity index (χ2n) is 5.00. The molecule has 1 unspecified atom stereocenters. The van der Waals surface area contributed by atoms with Crippen LogP contribution in [0.5, 0.6) is 0 Å². The van der Waals surface area contributed by atoms with Crippen molar-refractivity contribution in [3.63, 3.8) is 0 Å². The highest BCUT2D eigenvalue weighted by atomic mass is 19.1. The van der Waals surface area contributed by atoms with Gasteiger partial charge in [-0.1, -0.05) is 32.0 Å². The molecule has 1 atom stereocenters. The Morgan fingerprint density at radius 1 is 1.28 bits per heavy atom. The number of rotatable bonds is 8. The Labute approximate surface area is 110 Å². The third-order valence-electron chi connectivity index (χ3n) is 3.27. The molecule has 1 aromatic carbocycles. The first kappa shape index (κ1) is 15.1. The summed E-state index contributed by atoms with van der Waals surface area (Å²) in [6.07, 6.45) is 0.782. The van der Waals surface area contributed by atoms with Crippen LogP contribution in [0.4, 0.5) is 4.39 Å². The van der Waals surface area contributed by atoms with Gasteiger partial charge in [0.05, 0.1) is 6.61 Å². The molecule has 0 aliphatic rings. The lowest BCUT2D eigenvalue weighted by Gasteiger charge is -2.21. The van der Waals surface area contributed by atoms with Crippen molar-refractivity contribution in [3.8, 4) is 0 Å². The van der Waals surface area contributed by atoms with Crippen molar-refractivity contribution in [2.45, 2.75) is 20.3 Å². The first-order valence-corrected chi connectivity index (χ1v) is 6.58. The maximum atomic E-state index is 13.6. The van der Waals surface area contributed by atoms with E-state index >= 15 is 0 Å². The molecule has 0 amide bonds. The highest BCUT2D eigenvalue weighted by molar-refractivity contribution is 5.18. The van der Waals surface area contributed by atoms with Crippen LogP contribution in [0.1, 0.15) is 19.4 Å². The van der Waals surface area contributed by atoms with Gasteiger partial charge in [0.2, 0.25) is 0 Å². The lowest BCUT2D eigenvalue weighted by molar-refractivity contribution is 0.196. The van der Waals surface area contributed by atoms with E-state index in [1.165, 1.54) is 6.07 Å². The van der Waals surface area contributed by atoms with E-state index in [9.17, 15) is 4.39 Å². The van der Waals surface area contributed by atoms with Crippen LogP contribution < -0.4 is 5.32 Å². The van der Waals surface area contributed by atoms with Crippen LogP contribution >= 0.6 is 0 Å². The predicted molar refractivity (Wildman–Crippen MR) is 73.2 cm³/mol. The Kier molecular flexibility index (Phi) is 6.91. The average Bonchev–Trinajstić information content (AvgIpc) is 2.35. The summed E-state index contributed by atoms with van der Waals surface area (Å²) in [6.45, 7) is 6.82. The van der Waals surface area contributed by atoms with Crippen molar-refractivity contribution >= 4 is 0 Å². The first-order valence-electron chi connectivity index (χ1n) is 6.58. The monoisotopic (exact) mass is 253 g/mol. The van der Waals surface area contributed by atoms with Gasteiger partial charge < -0.3 is 10.1 Å². The molecule has 0 aromatic heterocycles. The summed E-state index contributed by atoms with van der Waals surface area (Å²) in [5, 5.41) is 3.36. The Bertz CT molecular complexity index is 341. The zero-order valence-corrected chi connectivity index (χ0v) is 11.6. The van der Waals surface area contributed by atoms with Gasteiger partial charge in [0.1, 0.15) is 5.82 Å². The van der Waals surface area contributed by atoms with Crippen molar-refractivity contribution in [1.82, 2.24) is 5.32 Å². The molecule has 0 aliphatic carbocycles. The lowest BCUT2D eigenvalue weighted by Crippen LogP contribution is -2.30. The molecule has 18 heavy (non-hydrogen) atoms. The summed E-state index contributed by atoms with van der Waals surface area (Å²) in [7, 11) is 1.70. The van der Waals surface area contributed by atoms with Gasteiger partial charge in [-0.2, -0.15) is 0 Å². The molecule has 1 rings (SSSR count). The third-order valence-corrected chi connectivity index (χ3v) is 3.27. The van der Waals surface area contributed by atoms with Crippen molar-refractivity contribution in [2.24, 2.45) is 11.8 Å². The van der Waals surface area contributed by atoms with E-state index in [-0.39, 0.29) is 5.82 Å². The van der Waals surface area contributed by atoms with Crippen molar-refractivity contribution < 1.29 is 9.13 Å². The number of ether oxygens (including phenoxy) is 1. The van der Waals surface area contributed by atoms with Crippen molar-refractivity contribution in [3.05, 3.63) is 35.6 Å². The van der Waals surface area contributed by atoms with E-state index < -0.39 is 0 Å². The number of methoxy groups -OCH3 is 1. The standard InChI is InChI=1S/C15H24FNO/c1-12(2)14(11-17-8-9-18-3)10-13-6-4-5-7-15(13)16/h4-7,12,14,17H,8-11H2,1-3H3. The number of halogens is 1. The van der Waals surface area contributed by atoms with E-state index in [2.05, 4.69) is 19.2 Å². The molecule has 0 aliphatic heterocycles.